The number of sulfone groups is 1. The van der Waals surface area contributed by atoms with E-state index in [4.69, 9.17) is 0 Å². The van der Waals surface area contributed by atoms with E-state index in [1.165, 1.54) is 0 Å². The van der Waals surface area contributed by atoms with Crippen LogP contribution in [0.5, 0.6) is 0 Å². The van der Waals surface area contributed by atoms with Crippen LogP contribution < -0.4 is 10.2 Å². The lowest BCUT2D eigenvalue weighted by Gasteiger charge is -2.35. The molecule has 1 saturated heterocycles. The molecule has 0 aliphatic carbocycles. The predicted octanol–water partition coefficient (Wildman–Crippen LogP) is 3.25. The predicted molar refractivity (Wildman–Crippen MR) is 122 cm³/mol. The summed E-state index contributed by atoms with van der Waals surface area (Å²) in [6.45, 7) is 11.2. The molecule has 7 heteroatoms. The third kappa shape index (κ3) is 5.61. The van der Waals surface area contributed by atoms with Crippen LogP contribution in [-0.2, 0) is 14.6 Å². The van der Waals surface area contributed by atoms with Crippen molar-refractivity contribution in [3.8, 4) is 0 Å². The molecule has 0 atom stereocenters. The molecule has 0 aromatic heterocycles. The van der Waals surface area contributed by atoms with Gasteiger partial charge in [-0.2, -0.15) is 0 Å². The van der Waals surface area contributed by atoms with Crippen LogP contribution in [0.2, 0.25) is 0 Å². The van der Waals surface area contributed by atoms with Crippen molar-refractivity contribution >= 4 is 27.1 Å². The number of nitrogens with one attached hydrogen (secondary N) is 1. The standard InChI is InChI=1S/C23H31N3O3S/c1-4-25-12-14-26(15-13-25)20-7-10-22(19(3)17-20)24-23(27)11-16-30(28,29)21-8-5-18(2)6-9-21/h5-10,17H,4,11-16H2,1-3H3,(H,24,27). The van der Waals surface area contributed by atoms with E-state index in [0.717, 1.165) is 55.2 Å². The van der Waals surface area contributed by atoms with E-state index in [2.05, 4.69) is 28.1 Å². The molecular formula is C23H31N3O3S. The summed E-state index contributed by atoms with van der Waals surface area (Å²) in [6.07, 6.45) is -0.0730. The van der Waals surface area contributed by atoms with Gasteiger partial charge in [0.05, 0.1) is 10.6 Å². The van der Waals surface area contributed by atoms with Crippen molar-refractivity contribution in [1.29, 1.82) is 0 Å². The summed E-state index contributed by atoms with van der Waals surface area (Å²) < 4.78 is 24.9. The lowest BCUT2D eigenvalue weighted by molar-refractivity contribution is -0.115. The molecule has 0 bridgehead atoms. The lowest BCUT2D eigenvalue weighted by Crippen LogP contribution is -2.46. The van der Waals surface area contributed by atoms with E-state index in [0.29, 0.717) is 0 Å². The maximum Gasteiger partial charge on any atom is 0.225 e. The Balaban J connectivity index is 1.57. The van der Waals surface area contributed by atoms with Crippen molar-refractivity contribution < 1.29 is 13.2 Å². The molecule has 1 amide bonds. The Morgan fingerprint density at radius 1 is 1.00 bits per heavy atom. The first-order valence-electron chi connectivity index (χ1n) is 10.5. The number of rotatable bonds is 7. The SMILES string of the molecule is CCN1CCN(c2ccc(NC(=O)CCS(=O)(=O)c3ccc(C)cc3)c(C)c2)CC1. The Labute approximate surface area is 179 Å². The fourth-order valence-corrected chi connectivity index (χ4v) is 4.85. The second-order valence-corrected chi connectivity index (χ2v) is 9.96. The van der Waals surface area contributed by atoms with Crippen LogP contribution in [0.1, 0.15) is 24.5 Å². The van der Waals surface area contributed by atoms with Crippen molar-refractivity contribution in [3.05, 3.63) is 53.6 Å². The van der Waals surface area contributed by atoms with Crippen LogP contribution in [0.25, 0.3) is 0 Å². The van der Waals surface area contributed by atoms with Gasteiger partial charge in [-0.15, -0.1) is 0 Å². The minimum atomic E-state index is -3.47. The maximum atomic E-state index is 12.4. The number of carbonyl (C=O) groups excluding carboxylic acids is 1. The van der Waals surface area contributed by atoms with Crippen molar-refractivity contribution in [2.24, 2.45) is 0 Å². The zero-order valence-corrected chi connectivity index (χ0v) is 18.8. The molecule has 6 nitrogen and oxygen atoms in total. The fourth-order valence-electron chi connectivity index (χ4n) is 3.61. The molecule has 2 aromatic rings. The number of likely N-dealkylation sites (N-methyl/N-ethyl adjacent to an activating group) is 1. The van der Waals surface area contributed by atoms with Crippen molar-refractivity contribution in [2.45, 2.75) is 32.1 Å². The largest absolute Gasteiger partial charge is 0.369 e. The van der Waals surface area contributed by atoms with Gasteiger partial charge < -0.3 is 15.1 Å². The molecule has 1 fully saturated rings. The summed E-state index contributed by atoms with van der Waals surface area (Å²) >= 11 is 0. The molecule has 1 heterocycles. The number of anilines is 2. The van der Waals surface area contributed by atoms with E-state index in [1.54, 1.807) is 24.3 Å². The van der Waals surface area contributed by atoms with E-state index >= 15 is 0 Å². The van der Waals surface area contributed by atoms with Crippen LogP contribution in [0.4, 0.5) is 11.4 Å². The number of carbonyl (C=O) groups is 1. The highest BCUT2D eigenvalue weighted by Crippen LogP contribution is 2.24. The molecule has 2 aromatic carbocycles. The average molecular weight is 430 g/mol. The third-order valence-electron chi connectivity index (χ3n) is 5.65. The monoisotopic (exact) mass is 429 g/mol. The van der Waals surface area contributed by atoms with Crippen molar-refractivity contribution in [1.82, 2.24) is 4.90 Å². The second kappa shape index (κ2) is 9.62. The molecule has 0 radical (unpaired) electrons. The minimum Gasteiger partial charge on any atom is -0.369 e. The summed E-state index contributed by atoms with van der Waals surface area (Å²) in [6, 6.07) is 12.7. The highest BCUT2D eigenvalue weighted by atomic mass is 32.2. The Bertz CT molecular complexity index is 979. The quantitative estimate of drug-likeness (QED) is 0.732. The molecule has 1 aliphatic rings. The van der Waals surface area contributed by atoms with Crippen LogP contribution in [-0.4, -0.2) is 57.7 Å². The highest BCUT2D eigenvalue weighted by molar-refractivity contribution is 7.91. The van der Waals surface area contributed by atoms with Gasteiger partial charge in [-0.3, -0.25) is 4.79 Å². The number of aryl methyl sites for hydroxylation is 2. The van der Waals surface area contributed by atoms with Crippen LogP contribution in [0, 0.1) is 13.8 Å². The molecule has 0 saturated carbocycles. The molecule has 1 N–H and O–H groups in total. The average Bonchev–Trinajstić information content (AvgIpc) is 2.74. The van der Waals surface area contributed by atoms with Crippen LogP contribution in [0.3, 0.4) is 0 Å². The van der Waals surface area contributed by atoms with E-state index < -0.39 is 9.84 Å². The summed E-state index contributed by atoms with van der Waals surface area (Å²) in [7, 11) is -3.47. The maximum absolute atomic E-state index is 12.4. The molecule has 0 spiro atoms. The van der Waals surface area contributed by atoms with Gasteiger partial charge in [0.2, 0.25) is 5.91 Å². The molecule has 3 rings (SSSR count). The van der Waals surface area contributed by atoms with Gasteiger partial charge in [-0.25, -0.2) is 8.42 Å². The van der Waals surface area contributed by atoms with E-state index in [1.807, 2.05) is 26.0 Å². The summed E-state index contributed by atoms with van der Waals surface area (Å²) in [5.41, 5.74) is 3.85. The Kier molecular flexibility index (Phi) is 7.15. The van der Waals surface area contributed by atoms with Gasteiger partial charge in [0.25, 0.3) is 0 Å². The van der Waals surface area contributed by atoms with Gasteiger partial charge in [0.15, 0.2) is 9.84 Å². The summed E-state index contributed by atoms with van der Waals surface area (Å²) in [4.78, 5) is 17.4. The minimum absolute atomic E-state index is 0.0730. The molecular weight excluding hydrogens is 398 g/mol. The zero-order chi connectivity index (χ0) is 21.7. The third-order valence-corrected chi connectivity index (χ3v) is 7.38. The number of benzene rings is 2. The highest BCUT2D eigenvalue weighted by Gasteiger charge is 2.18. The molecule has 1 aliphatic heterocycles. The topological polar surface area (TPSA) is 69.7 Å². The van der Waals surface area contributed by atoms with E-state index in [-0.39, 0.29) is 23.0 Å². The van der Waals surface area contributed by atoms with Gasteiger partial charge in [-0.1, -0.05) is 24.6 Å². The number of hydrogen-bond donors (Lipinski definition) is 1. The smallest absolute Gasteiger partial charge is 0.225 e. The lowest BCUT2D eigenvalue weighted by atomic mass is 10.1. The second-order valence-electron chi connectivity index (χ2n) is 7.85. The molecule has 30 heavy (non-hydrogen) atoms. The van der Waals surface area contributed by atoms with Crippen LogP contribution in [0.15, 0.2) is 47.4 Å². The normalized spacial score (nSPS) is 15.2. The first kappa shape index (κ1) is 22.3. The molecule has 0 unspecified atom stereocenters. The summed E-state index contributed by atoms with van der Waals surface area (Å²) in [5, 5.41) is 2.86. The number of piperazine rings is 1. The Morgan fingerprint density at radius 3 is 2.27 bits per heavy atom. The summed E-state index contributed by atoms with van der Waals surface area (Å²) in [5.74, 6) is -0.501. The Hall–Kier alpha value is -2.38. The van der Waals surface area contributed by atoms with Crippen molar-refractivity contribution in [3.63, 3.8) is 0 Å². The van der Waals surface area contributed by atoms with Gasteiger partial charge in [0, 0.05) is 44.0 Å². The van der Waals surface area contributed by atoms with Gasteiger partial charge >= 0.3 is 0 Å². The van der Waals surface area contributed by atoms with Gasteiger partial charge in [0.1, 0.15) is 0 Å². The first-order valence-corrected chi connectivity index (χ1v) is 12.1. The number of hydrogen-bond acceptors (Lipinski definition) is 5. The first-order chi connectivity index (χ1) is 14.3. The van der Waals surface area contributed by atoms with Crippen molar-refractivity contribution in [2.75, 3.05) is 48.7 Å². The van der Waals surface area contributed by atoms with Crippen LogP contribution >= 0.6 is 0 Å². The Morgan fingerprint density at radius 2 is 1.67 bits per heavy atom. The molecule has 162 valence electrons. The number of nitrogens with zero attached hydrogens (tertiary/aromatic N) is 2. The zero-order valence-electron chi connectivity index (χ0n) is 18.0. The van der Waals surface area contributed by atoms with E-state index in [9.17, 15) is 13.2 Å². The fraction of sp³-hybridized carbons (Fsp3) is 0.435. The van der Waals surface area contributed by atoms with Gasteiger partial charge in [-0.05, 0) is 56.3 Å². The number of amides is 1.